The number of carbonyl (C=O) groups is 1. The molecule has 138 valence electrons. The average Bonchev–Trinajstić information content (AvgIpc) is 3.41. The first kappa shape index (κ1) is 16.5. The molecule has 0 aromatic carbocycles. The van der Waals surface area contributed by atoms with Crippen LogP contribution in [-0.4, -0.2) is 53.4 Å². The highest BCUT2D eigenvalue weighted by atomic mass is 16.2. The van der Waals surface area contributed by atoms with E-state index in [9.17, 15) is 4.79 Å². The molecule has 0 bridgehead atoms. The molecule has 4 aromatic rings. The van der Waals surface area contributed by atoms with Gasteiger partial charge < -0.3 is 4.90 Å². The Balaban J connectivity index is 1.37. The molecule has 28 heavy (non-hydrogen) atoms. The third-order valence-electron chi connectivity index (χ3n) is 4.97. The van der Waals surface area contributed by atoms with Gasteiger partial charge in [0.1, 0.15) is 5.69 Å². The molecule has 8 nitrogen and oxygen atoms in total. The highest BCUT2D eigenvalue weighted by molar-refractivity contribution is 5.92. The van der Waals surface area contributed by atoms with Crippen LogP contribution in [0.2, 0.25) is 0 Å². The second kappa shape index (κ2) is 6.80. The van der Waals surface area contributed by atoms with Crippen LogP contribution in [-0.2, 0) is 0 Å². The van der Waals surface area contributed by atoms with Crippen LogP contribution in [0.1, 0.15) is 28.7 Å². The van der Waals surface area contributed by atoms with Crippen molar-refractivity contribution in [2.45, 2.75) is 12.3 Å². The maximum atomic E-state index is 12.6. The van der Waals surface area contributed by atoms with Gasteiger partial charge in [0, 0.05) is 61.1 Å². The standard InChI is InChI=1S/C20H17N7O/c28-20(17-11-22-7-8-23-17)26-9-5-16(12-26)19-24-18-4-3-15(13-27(18)25-19)14-2-1-6-21-10-14/h1-4,6-8,10-11,13,16H,5,9,12H2. The van der Waals surface area contributed by atoms with Crippen LogP contribution < -0.4 is 0 Å². The molecule has 1 unspecified atom stereocenters. The Morgan fingerprint density at radius 2 is 1.96 bits per heavy atom. The van der Waals surface area contributed by atoms with Crippen LogP contribution in [0.5, 0.6) is 0 Å². The van der Waals surface area contributed by atoms with Crippen LogP contribution in [0.4, 0.5) is 0 Å². The van der Waals surface area contributed by atoms with E-state index >= 15 is 0 Å². The quantitative estimate of drug-likeness (QED) is 0.549. The molecule has 0 N–H and O–H groups in total. The number of nitrogens with zero attached hydrogens (tertiary/aromatic N) is 7. The molecule has 0 aliphatic carbocycles. The first-order valence-corrected chi connectivity index (χ1v) is 9.10. The van der Waals surface area contributed by atoms with Crippen molar-refractivity contribution >= 4 is 11.6 Å². The van der Waals surface area contributed by atoms with Crippen LogP contribution in [0.15, 0.2) is 61.4 Å². The molecule has 5 rings (SSSR count). The van der Waals surface area contributed by atoms with Gasteiger partial charge in [0.15, 0.2) is 11.5 Å². The van der Waals surface area contributed by atoms with Gasteiger partial charge in [-0.3, -0.25) is 14.8 Å². The fourth-order valence-corrected chi connectivity index (χ4v) is 3.50. The Hall–Kier alpha value is -3.68. The van der Waals surface area contributed by atoms with Crippen molar-refractivity contribution in [3.63, 3.8) is 0 Å². The number of likely N-dealkylation sites (tertiary alicyclic amines) is 1. The van der Waals surface area contributed by atoms with Gasteiger partial charge in [-0.25, -0.2) is 14.5 Å². The summed E-state index contributed by atoms with van der Waals surface area (Å²) in [5.74, 6) is 0.776. The molecule has 1 aliphatic heterocycles. The van der Waals surface area contributed by atoms with Gasteiger partial charge >= 0.3 is 0 Å². The SMILES string of the molecule is O=C(c1cnccn1)N1CCC(c2nc3ccc(-c4cccnc4)cn3n2)C1. The van der Waals surface area contributed by atoms with Crippen molar-refractivity contribution < 1.29 is 4.79 Å². The first-order chi connectivity index (χ1) is 13.8. The van der Waals surface area contributed by atoms with Gasteiger partial charge in [0.05, 0.1) is 6.20 Å². The second-order valence-corrected chi connectivity index (χ2v) is 6.76. The molecular weight excluding hydrogens is 354 g/mol. The summed E-state index contributed by atoms with van der Waals surface area (Å²) in [6.45, 7) is 1.25. The van der Waals surface area contributed by atoms with Crippen LogP contribution in [0.3, 0.4) is 0 Å². The van der Waals surface area contributed by atoms with Crippen LogP contribution in [0.25, 0.3) is 16.8 Å². The number of aromatic nitrogens is 6. The molecule has 1 aliphatic rings. The van der Waals surface area contributed by atoms with Gasteiger partial charge in [-0.1, -0.05) is 6.07 Å². The van der Waals surface area contributed by atoms with Crippen LogP contribution >= 0.6 is 0 Å². The number of rotatable bonds is 3. The van der Waals surface area contributed by atoms with Crippen molar-refractivity contribution in [1.82, 2.24) is 34.4 Å². The lowest BCUT2D eigenvalue weighted by molar-refractivity contribution is 0.0784. The third-order valence-corrected chi connectivity index (χ3v) is 4.97. The van der Waals surface area contributed by atoms with Crippen molar-refractivity contribution in [3.05, 3.63) is 73.0 Å². The lowest BCUT2D eigenvalue weighted by Gasteiger charge is -2.14. The predicted octanol–water partition coefficient (Wildman–Crippen LogP) is 2.21. The summed E-state index contributed by atoms with van der Waals surface area (Å²) in [6.07, 6.45) is 11.0. The molecule has 4 aromatic heterocycles. The Labute approximate surface area is 160 Å². The van der Waals surface area contributed by atoms with E-state index in [4.69, 9.17) is 0 Å². The fraction of sp³-hybridized carbons (Fsp3) is 0.200. The predicted molar refractivity (Wildman–Crippen MR) is 102 cm³/mol. The smallest absolute Gasteiger partial charge is 0.274 e. The maximum absolute atomic E-state index is 12.6. The molecule has 1 atom stereocenters. The summed E-state index contributed by atoms with van der Waals surface area (Å²) in [7, 11) is 0. The zero-order valence-corrected chi connectivity index (χ0v) is 15.0. The highest BCUT2D eigenvalue weighted by Gasteiger charge is 2.31. The Kier molecular flexibility index (Phi) is 4.01. The highest BCUT2D eigenvalue weighted by Crippen LogP contribution is 2.27. The normalized spacial score (nSPS) is 16.6. The van der Waals surface area contributed by atoms with Gasteiger partial charge in [0.2, 0.25) is 0 Å². The van der Waals surface area contributed by atoms with E-state index < -0.39 is 0 Å². The summed E-state index contributed by atoms with van der Waals surface area (Å²) in [6, 6.07) is 7.89. The fourth-order valence-electron chi connectivity index (χ4n) is 3.50. The number of carbonyl (C=O) groups excluding carboxylic acids is 1. The molecule has 0 spiro atoms. The van der Waals surface area contributed by atoms with Gasteiger partial charge in [-0.2, -0.15) is 5.10 Å². The molecular formula is C20H17N7O. The van der Waals surface area contributed by atoms with E-state index in [0.717, 1.165) is 29.0 Å². The number of pyridine rings is 2. The summed E-state index contributed by atoms with van der Waals surface area (Å²) in [5, 5.41) is 4.67. The molecule has 0 radical (unpaired) electrons. The Bertz CT molecular complexity index is 1130. The van der Waals surface area contributed by atoms with E-state index in [1.165, 1.54) is 12.4 Å². The summed E-state index contributed by atoms with van der Waals surface area (Å²) in [5.41, 5.74) is 3.22. The van der Waals surface area contributed by atoms with E-state index in [1.807, 2.05) is 36.7 Å². The Morgan fingerprint density at radius 3 is 2.79 bits per heavy atom. The van der Waals surface area contributed by atoms with Crippen molar-refractivity contribution in [1.29, 1.82) is 0 Å². The van der Waals surface area contributed by atoms with E-state index in [1.54, 1.807) is 21.8 Å². The van der Waals surface area contributed by atoms with Crippen LogP contribution in [0, 0.1) is 0 Å². The second-order valence-electron chi connectivity index (χ2n) is 6.76. The summed E-state index contributed by atoms with van der Waals surface area (Å²) in [4.78, 5) is 31.3. The van der Waals surface area contributed by atoms with Crippen molar-refractivity contribution in [2.75, 3.05) is 13.1 Å². The largest absolute Gasteiger partial charge is 0.337 e. The molecule has 0 saturated carbocycles. The average molecular weight is 371 g/mol. The zero-order chi connectivity index (χ0) is 18.9. The first-order valence-electron chi connectivity index (χ1n) is 9.10. The lowest BCUT2D eigenvalue weighted by atomic mass is 10.1. The minimum absolute atomic E-state index is 0.0989. The van der Waals surface area contributed by atoms with Gasteiger partial charge in [-0.05, 0) is 24.6 Å². The lowest BCUT2D eigenvalue weighted by Crippen LogP contribution is -2.29. The monoisotopic (exact) mass is 371 g/mol. The van der Waals surface area contributed by atoms with Gasteiger partial charge in [-0.15, -0.1) is 0 Å². The molecule has 1 amide bonds. The maximum Gasteiger partial charge on any atom is 0.274 e. The summed E-state index contributed by atoms with van der Waals surface area (Å²) >= 11 is 0. The number of hydrogen-bond donors (Lipinski definition) is 0. The summed E-state index contributed by atoms with van der Waals surface area (Å²) < 4.78 is 1.80. The van der Waals surface area contributed by atoms with E-state index in [-0.39, 0.29) is 11.8 Å². The molecule has 1 saturated heterocycles. The number of fused-ring (bicyclic) bond motifs is 1. The zero-order valence-electron chi connectivity index (χ0n) is 15.0. The molecule has 8 heteroatoms. The third kappa shape index (κ3) is 2.98. The van der Waals surface area contributed by atoms with E-state index in [2.05, 4.69) is 25.0 Å². The van der Waals surface area contributed by atoms with Gasteiger partial charge in [0.25, 0.3) is 5.91 Å². The number of hydrogen-bond acceptors (Lipinski definition) is 6. The van der Waals surface area contributed by atoms with Crippen molar-refractivity contribution in [3.8, 4) is 11.1 Å². The minimum Gasteiger partial charge on any atom is -0.337 e. The topological polar surface area (TPSA) is 89.2 Å². The number of amides is 1. The van der Waals surface area contributed by atoms with E-state index in [0.29, 0.717) is 18.8 Å². The minimum atomic E-state index is -0.0989. The molecule has 1 fully saturated rings. The molecule has 5 heterocycles. The van der Waals surface area contributed by atoms with Crippen molar-refractivity contribution in [2.24, 2.45) is 0 Å². The Morgan fingerprint density at radius 1 is 1.04 bits per heavy atom.